The topological polar surface area (TPSA) is 12.5 Å². The van der Waals surface area contributed by atoms with Crippen LogP contribution in [0, 0.1) is 0 Å². The van der Waals surface area contributed by atoms with Crippen molar-refractivity contribution in [3.63, 3.8) is 0 Å². The molecule has 1 saturated heterocycles. The first-order valence-corrected chi connectivity index (χ1v) is 7.44. The van der Waals surface area contributed by atoms with Crippen molar-refractivity contribution in [2.75, 3.05) is 20.2 Å². The zero-order chi connectivity index (χ0) is 14.6. The maximum absolute atomic E-state index is 12.2. The lowest BCUT2D eigenvalue weighted by Gasteiger charge is -2.19. The molecule has 6 heteroatoms. The molecule has 0 spiro atoms. The van der Waals surface area contributed by atoms with Gasteiger partial charge in [0.25, 0.3) is 0 Å². The minimum absolute atomic E-state index is 0.108. The Hall–Kier alpha value is -0.880. The second-order valence-electron chi connectivity index (χ2n) is 4.93. The molecule has 2 rings (SSSR count). The minimum Gasteiger partial charge on any atom is -0.494 e. The third-order valence-electron chi connectivity index (χ3n) is 3.45. The van der Waals surface area contributed by atoms with Gasteiger partial charge in [0.1, 0.15) is 5.75 Å². The number of nitrogens with zero attached hydrogens (tertiary/aromatic N) is 1. The Balaban J connectivity index is 1.76. The van der Waals surface area contributed by atoms with Crippen LogP contribution in [-0.4, -0.2) is 36.6 Å². The third kappa shape index (κ3) is 4.90. The Morgan fingerprint density at radius 1 is 1.30 bits per heavy atom. The summed E-state index contributed by atoms with van der Waals surface area (Å²) in [5.74, 6) is 0.622. The highest BCUT2D eigenvalue weighted by Gasteiger charge is 2.29. The van der Waals surface area contributed by atoms with E-state index >= 15 is 0 Å². The summed E-state index contributed by atoms with van der Waals surface area (Å²) in [5, 5.41) is 0. The monoisotopic (exact) mass is 305 g/mol. The van der Waals surface area contributed by atoms with E-state index in [-0.39, 0.29) is 16.7 Å². The van der Waals surface area contributed by atoms with Crippen LogP contribution in [0.2, 0.25) is 0 Å². The summed E-state index contributed by atoms with van der Waals surface area (Å²) < 4.78 is 42.1. The van der Waals surface area contributed by atoms with Crippen LogP contribution in [0.3, 0.4) is 0 Å². The fraction of sp³-hybridized carbons (Fsp3) is 0.571. The van der Waals surface area contributed by atoms with Gasteiger partial charge < -0.3 is 9.64 Å². The molecular weight excluding hydrogens is 287 g/mol. The predicted molar refractivity (Wildman–Crippen MR) is 74.1 cm³/mol. The van der Waals surface area contributed by atoms with E-state index in [2.05, 4.69) is 11.9 Å². The van der Waals surface area contributed by atoms with Gasteiger partial charge in [0.15, 0.2) is 0 Å². The zero-order valence-electron chi connectivity index (χ0n) is 11.3. The molecular formula is C14H18F3NOS. The molecule has 1 fully saturated rings. The molecule has 0 radical (unpaired) electrons. The van der Waals surface area contributed by atoms with Crippen LogP contribution in [-0.2, 0) is 0 Å². The molecule has 112 valence electrons. The second kappa shape index (κ2) is 6.72. The average molecular weight is 305 g/mol. The molecule has 0 amide bonds. The third-order valence-corrected chi connectivity index (χ3v) is 4.19. The Morgan fingerprint density at radius 2 is 2.00 bits per heavy atom. The Bertz CT molecular complexity index is 421. The van der Waals surface area contributed by atoms with Crippen LogP contribution >= 0.6 is 11.8 Å². The van der Waals surface area contributed by atoms with E-state index in [0.29, 0.717) is 18.4 Å². The average Bonchev–Trinajstić information content (AvgIpc) is 2.76. The van der Waals surface area contributed by atoms with Crippen molar-refractivity contribution in [2.24, 2.45) is 0 Å². The minimum atomic E-state index is -4.24. The van der Waals surface area contributed by atoms with Crippen LogP contribution in [0.25, 0.3) is 0 Å². The van der Waals surface area contributed by atoms with Gasteiger partial charge in [-0.05, 0) is 68.9 Å². The highest BCUT2D eigenvalue weighted by Crippen LogP contribution is 2.37. The normalized spacial score (nSPS) is 20.3. The van der Waals surface area contributed by atoms with Gasteiger partial charge in [0, 0.05) is 10.9 Å². The number of hydrogen-bond donors (Lipinski definition) is 0. The zero-order valence-corrected chi connectivity index (χ0v) is 12.1. The number of alkyl halides is 3. The highest BCUT2D eigenvalue weighted by molar-refractivity contribution is 8.00. The summed E-state index contributed by atoms with van der Waals surface area (Å²) >= 11 is -0.108. The Morgan fingerprint density at radius 3 is 2.55 bits per heavy atom. The molecule has 0 bridgehead atoms. The quantitative estimate of drug-likeness (QED) is 0.758. The van der Waals surface area contributed by atoms with Gasteiger partial charge in [-0.1, -0.05) is 0 Å². The summed E-state index contributed by atoms with van der Waals surface area (Å²) in [7, 11) is 2.11. The highest BCUT2D eigenvalue weighted by atomic mass is 32.2. The number of thioether (sulfide) groups is 1. The van der Waals surface area contributed by atoms with E-state index in [0.717, 1.165) is 13.0 Å². The van der Waals surface area contributed by atoms with E-state index in [4.69, 9.17) is 4.74 Å². The van der Waals surface area contributed by atoms with Crippen LogP contribution < -0.4 is 4.74 Å². The lowest BCUT2D eigenvalue weighted by molar-refractivity contribution is -0.0328. The van der Waals surface area contributed by atoms with Gasteiger partial charge in [0.2, 0.25) is 0 Å². The lowest BCUT2D eigenvalue weighted by Crippen LogP contribution is -2.26. The summed E-state index contributed by atoms with van der Waals surface area (Å²) in [5.41, 5.74) is -4.24. The van der Waals surface area contributed by atoms with Crippen molar-refractivity contribution < 1.29 is 17.9 Å². The second-order valence-corrected chi connectivity index (χ2v) is 6.07. The molecule has 20 heavy (non-hydrogen) atoms. The smallest absolute Gasteiger partial charge is 0.446 e. The number of halogens is 3. The summed E-state index contributed by atoms with van der Waals surface area (Å²) in [4.78, 5) is 2.51. The van der Waals surface area contributed by atoms with E-state index in [1.165, 1.54) is 25.0 Å². The van der Waals surface area contributed by atoms with Crippen molar-refractivity contribution >= 4 is 11.8 Å². The first kappa shape index (κ1) is 15.5. The fourth-order valence-corrected chi connectivity index (χ4v) is 2.93. The first-order chi connectivity index (χ1) is 9.44. The molecule has 1 unspecified atom stereocenters. The number of rotatable bonds is 5. The van der Waals surface area contributed by atoms with Gasteiger partial charge in [-0.25, -0.2) is 0 Å². The lowest BCUT2D eigenvalue weighted by atomic mass is 10.1. The van der Waals surface area contributed by atoms with Crippen LogP contribution in [0.15, 0.2) is 29.2 Å². The maximum atomic E-state index is 12.2. The molecule has 1 atom stereocenters. The van der Waals surface area contributed by atoms with Gasteiger partial charge in [-0.2, -0.15) is 13.2 Å². The van der Waals surface area contributed by atoms with E-state index < -0.39 is 5.51 Å². The summed E-state index contributed by atoms with van der Waals surface area (Å²) in [6, 6.07) is 6.62. The molecule has 1 heterocycles. The molecule has 0 aliphatic carbocycles. The molecule has 1 aromatic carbocycles. The SMILES string of the molecule is CN1CCCC1CCOc1ccc(SC(F)(F)F)cc1. The van der Waals surface area contributed by atoms with E-state index in [9.17, 15) is 13.2 Å². The number of ether oxygens (including phenoxy) is 1. The molecule has 2 nitrogen and oxygen atoms in total. The summed E-state index contributed by atoms with van der Waals surface area (Å²) in [6.07, 6.45) is 3.38. The van der Waals surface area contributed by atoms with Crippen molar-refractivity contribution in [1.29, 1.82) is 0 Å². The number of likely N-dealkylation sites (tertiary alicyclic amines) is 1. The largest absolute Gasteiger partial charge is 0.494 e. The molecule has 0 aromatic heterocycles. The number of hydrogen-bond acceptors (Lipinski definition) is 3. The number of benzene rings is 1. The molecule has 1 aliphatic heterocycles. The molecule has 1 aromatic rings. The van der Waals surface area contributed by atoms with Gasteiger partial charge in [-0.15, -0.1) is 0 Å². The fourth-order valence-electron chi connectivity index (χ4n) is 2.39. The molecule has 1 aliphatic rings. The standard InChI is InChI=1S/C14H18F3NOS/c1-18-9-2-3-11(18)8-10-19-12-4-6-13(7-5-12)20-14(15,16)17/h4-7,11H,2-3,8-10H2,1H3. The van der Waals surface area contributed by atoms with Crippen LogP contribution in [0.1, 0.15) is 19.3 Å². The molecule has 0 saturated carbocycles. The van der Waals surface area contributed by atoms with Crippen LogP contribution in [0.4, 0.5) is 13.2 Å². The van der Waals surface area contributed by atoms with Crippen molar-refractivity contribution in [3.8, 4) is 5.75 Å². The van der Waals surface area contributed by atoms with Crippen LogP contribution in [0.5, 0.6) is 5.75 Å². The van der Waals surface area contributed by atoms with Crippen molar-refractivity contribution in [3.05, 3.63) is 24.3 Å². The molecule has 0 N–H and O–H groups in total. The van der Waals surface area contributed by atoms with Crippen molar-refractivity contribution in [1.82, 2.24) is 4.90 Å². The van der Waals surface area contributed by atoms with E-state index in [1.807, 2.05) is 0 Å². The predicted octanol–water partition coefficient (Wildman–Crippen LogP) is 4.16. The first-order valence-electron chi connectivity index (χ1n) is 6.63. The van der Waals surface area contributed by atoms with Gasteiger partial charge in [-0.3, -0.25) is 0 Å². The van der Waals surface area contributed by atoms with Gasteiger partial charge in [0.05, 0.1) is 6.61 Å². The summed E-state index contributed by atoms with van der Waals surface area (Å²) in [6.45, 7) is 1.73. The maximum Gasteiger partial charge on any atom is 0.446 e. The van der Waals surface area contributed by atoms with Gasteiger partial charge >= 0.3 is 5.51 Å². The van der Waals surface area contributed by atoms with Crippen molar-refractivity contribution in [2.45, 2.75) is 35.7 Å². The van der Waals surface area contributed by atoms with E-state index in [1.54, 1.807) is 12.1 Å². The Kier molecular flexibility index (Phi) is 5.21. The Labute approximate surface area is 121 Å².